The van der Waals surface area contributed by atoms with Crippen LogP contribution in [0.2, 0.25) is 0 Å². The fourth-order valence-corrected chi connectivity index (χ4v) is 7.35. The summed E-state index contributed by atoms with van der Waals surface area (Å²) in [6.45, 7) is 8.92. The Bertz CT molecular complexity index is 505. The van der Waals surface area contributed by atoms with Gasteiger partial charge in [0.25, 0.3) is 0 Å². The average molecular weight is 367 g/mol. The third-order valence-electron chi connectivity index (χ3n) is 3.38. The number of hydrogen-bond acceptors (Lipinski definition) is 4. The first-order valence-electron chi connectivity index (χ1n) is 7.44. The summed E-state index contributed by atoms with van der Waals surface area (Å²) in [5.41, 5.74) is 2.81. The average Bonchev–Trinajstić information content (AvgIpc) is 2.52. The molecule has 22 heavy (non-hydrogen) atoms. The molecule has 0 bridgehead atoms. The Kier molecular flexibility index (Phi) is 7.61. The highest BCUT2D eigenvalue weighted by molar-refractivity contribution is 9.26. The highest BCUT2D eigenvalue weighted by atomic mass is 33.7. The van der Waals surface area contributed by atoms with E-state index in [-0.39, 0.29) is 0 Å². The Hall–Kier alpha value is -0.160. The zero-order valence-electron chi connectivity index (χ0n) is 13.4. The van der Waals surface area contributed by atoms with Gasteiger partial charge >= 0.3 is 0 Å². The topological polar surface area (TPSA) is 0 Å². The van der Waals surface area contributed by atoms with Crippen LogP contribution in [0, 0.1) is 0 Å². The maximum absolute atomic E-state index is 2.23. The first kappa shape index (κ1) is 18.2. The van der Waals surface area contributed by atoms with Crippen LogP contribution in [0.5, 0.6) is 0 Å². The van der Waals surface area contributed by atoms with E-state index in [1.807, 2.05) is 41.2 Å². The van der Waals surface area contributed by atoms with Gasteiger partial charge in [-0.1, -0.05) is 52.0 Å². The van der Waals surface area contributed by atoms with Gasteiger partial charge in [0.1, 0.15) is 0 Å². The van der Waals surface area contributed by atoms with Gasteiger partial charge in [-0.2, -0.15) is 0 Å². The molecule has 0 radical (unpaired) electrons. The highest BCUT2D eigenvalue weighted by Crippen LogP contribution is 2.49. The Balaban J connectivity index is 1.74. The molecule has 2 aromatic rings. The number of benzene rings is 2. The molecule has 2 rings (SSSR count). The van der Waals surface area contributed by atoms with Gasteiger partial charge < -0.3 is 0 Å². The van der Waals surface area contributed by atoms with Crippen molar-refractivity contribution in [2.75, 3.05) is 0 Å². The first-order valence-corrected chi connectivity index (χ1v) is 12.3. The highest BCUT2D eigenvalue weighted by Gasteiger charge is 2.02. The maximum Gasteiger partial charge on any atom is 0.0191 e. The SMILES string of the molecule is CC(C)c1ccc(SSSSc2ccc(C(C)C)cc2)cc1. The van der Waals surface area contributed by atoms with E-state index < -0.39 is 0 Å². The molecule has 0 atom stereocenters. The second kappa shape index (κ2) is 9.21. The zero-order valence-corrected chi connectivity index (χ0v) is 16.7. The van der Waals surface area contributed by atoms with E-state index in [0.717, 1.165) is 0 Å². The fourth-order valence-electron chi connectivity index (χ4n) is 1.92. The van der Waals surface area contributed by atoms with E-state index in [4.69, 9.17) is 0 Å². The van der Waals surface area contributed by atoms with Crippen LogP contribution >= 0.6 is 41.2 Å². The standard InChI is InChI=1S/C18H22S4/c1-13(2)15-5-9-17(10-6-15)19-21-22-20-18-11-7-16(8-12-18)14(3)4/h5-14H,1-4H3. The van der Waals surface area contributed by atoms with Gasteiger partial charge in [0.15, 0.2) is 0 Å². The van der Waals surface area contributed by atoms with Crippen LogP contribution in [-0.2, 0) is 0 Å². The molecule has 2 aromatic carbocycles. The molecule has 0 unspecified atom stereocenters. The summed E-state index contributed by atoms with van der Waals surface area (Å²) in [6, 6.07) is 17.8. The molecule has 0 N–H and O–H groups in total. The largest absolute Gasteiger partial charge is 0.0587 e. The second-order valence-electron chi connectivity index (χ2n) is 5.75. The molecule has 0 saturated carbocycles. The summed E-state index contributed by atoms with van der Waals surface area (Å²) in [4.78, 5) is 2.63. The Morgan fingerprint density at radius 2 is 0.864 bits per heavy atom. The lowest BCUT2D eigenvalue weighted by atomic mass is 10.0. The van der Waals surface area contributed by atoms with Gasteiger partial charge in [0.2, 0.25) is 0 Å². The van der Waals surface area contributed by atoms with Crippen molar-refractivity contribution in [3.05, 3.63) is 59.7 Å². The van der Waals surface area contributed by atoms with Crippen molar-refractivity contribution in [3.8, 4) is 0 Å². The predicted molar refractivity (Wildman–Crippen MR) is 108 cm³/mol. The molecule has 0 aromatic heterocycles. The molecular weight excluding hydrogens is 344 g/mol. The van der Waals surface area contributed by atoms with Crippen LogP contribution in [0.4, 0.5) is 0 Å². The van der Waals surface area contributed by atoms with Crippen LogP contribution in [-0.4, -0.2) is 0 Å². The molecule has 118 valence electrons. The van der Waals surface area contributed by atoms with E-state index in [0.29, 0.717) is 11.8 Å². The van der Waals surface area contributed by atoms with Crippen LogP contribution < -0.4 is 0 Å². The summed E-state index contributed by atoms with van der Waals surface area (Å²) in [5.74, 6) is 1.20. The van der Waals surface area contributed by atoms with Crippen molar-refractivity contribution >= 4 is 41.2 Å². The molecule has 4 heteroatoms. The van der Waals surface area contributed by atoms with Crippen molar-refractivity contribution in [1.82, 2.24) is 0 Å². The molecule has 0 aliphatic rings. The van der Waals surface area contributed by atoms with Crippen molar-refractivity contribution in [3.63, 3.8) is 0 Å². The van der Waals surface area contributed by atoms with Crippen molar-refractivity contribution in [1.29, 1.82) is 0 Å². The van der Waals surface area contributed by atoms with E-state index in [1.54, 1.807) is 0 Å². The molecule has 0 fully saturated rings. The third kappa shape index (κ3) is 5.80. The molecule has 0 spiro atoms. The molecule has 0 aliphatic heterocycles. The lowest BCUT2D eigenvalue weighted by molar-refractivity contribution is 0.865. The summed E-state index contributed by atoms with van der Waals surface area (Å²) in [6.07, 6.45) is 0. The monoisotopic (exact) mass is 366 g/mol. The first-order chi connectivity index (χ1) is 10.6. The normalized spacial score (nSPS) is 11.4. The summed E-state index contributed by atoms with van der Waals surface area (Å²) in [7, 11) is 7.30. The molecule has 0 aliphatic carbocycles. The van der Waals surface area contributed by atoms with Gasteiger partial charge in [0.05, 0.1) is 0 Å². The van der Waals surface area contributed by atoms with Gasteiger partial charge in [-0.3, -0.25) is 0 Å². The molecular formula is C18H22S4. The fraction of sp³-hybridized carbons (Fsp3) is 0.333. The summed E-state index contributed by atoms with van der Waals surface area (Å²) < 4.78 is 0. The minimum atomic E-state index is 0.602. The molecule has 0 amide bonds. The van der Waals surface area contributed by atoms with Crippen LogP contribution in [0.15, 0.2) is 58.3 Å². The van der Waals surface area contributed by atoms with Gasteiger partial charge in [-0.15, -0.1) is 0 Å². The van der Waals surface area contributed by atoms with Crippen molar-refractivity contribution < 1.29 is 0 Å². The molecule has 0 nitrogen and oxygen atoms in total. The number of rotatable bonds is 7. The lowest BCUT2D eigenvalue weighted by Crippen LogP contribution is -1.85. The van der Waals surface area contributed by atoms with Crippen LogP contribution in [0.1, 0.15) is 50.7 Å². The quantitative estimate of drug-likeness (QED) is 0.359. The molecule has 0 heterocycles. The Morgan fingerprint density at radius 3 is 1.14 bits per heavy atom. The minimum absolute atomic E-state index is 0.602. The minimum Gasteiger partial charge on any atom is -0.0587 e. The van der Waals surface area contributed by atoms with Crippen LogP contribution in [0.25, 0.3) is 0 Å². The Morgan fingerprint density at radius 1 is 0.545 bits per heavy atom. The smallest absolute Gasteiger partial charge is 0.0191 e. The van der Waals surface area contributed by atoms with Crippen molar-refractivity contribution in [2.45, 2.75) is 49.3 Å². The van der Waals surface area contributed by atoms with Crippen molar-refractivity contribution in [2.24, 2.45) is 0 Å². The van der Waals surface area contributed by atoms with Crippen LogP contribution in [0.3, 0.4) is 0 Å². The Labute approximate surface area is 149 Å². The third-order valence-corrected chi connectivity index (χ3v) is 9.46. The maximum atomic E-state index is 2.23. The van der Waals surface area contributed by atoms with E-state index in [1.165, 1.54) is 20.9 Å². The predicted octanol–water partition coefficient (Wildman–Crippen LogP) is 8.03. The van der Waals surface area contributed by atoms with E-state index in [2.05, 4.69) is 76.2 Å². The lowest BCUT2D eigenvalue weighted by Gasteiger charge is -2.07. The summed E-state index contributed by atoms with van der Waals surface area (Å²) in [5, 5.41) is 0. The zero-order chi connectivity index (χ0) is 15.9. The van der Waals surface area contributed by atoms with Gasteiger partial charge in [-0.25, -0.2) is 0 Å². The molecule has 0 saturated heterocycles. The van der Waals surface area contributed by atoms with Gasteiger partial charge in [-0.05, 0) is 88.5 Å². The van der Waals surface area contributed by atoms with E-state index in [9.17, 15) is 0 Å². The number of hydrogen-bond donors (Lipinski definition) is 0. The summed E-state index contributed by atoms with van der Waals surface area (Å²) >= 11 is 0. The van der Waals surface area contributed by atoms with Gasteiger partial charge in [0, 0.05) is 9.79 Å². The second-order valence-corrected chi connectivity index (χ2v) is 11.6. The van der Waals surface area contributed by atoms with E-state index >= 15 is 0 Å².